The Kier molecular flexibility index (Phi) is 5.93. The lowest BCUT2D eigenvalue weighted by Crippen LogP contribution is -2.32. The standard InChI is InChI=1S/C9H19N2O/c1-7(2)9(12)8(11)5-3-4-6-10/h8H,3-6,10-11H2,1-2H3/t8-/m1/s1. The normalized spacial score (nSPS) is 13.4. The van der Waals surface area contributed by atoms with Crippen molar-refractivity contribution < 1.29 is 4.79 Å². The lowest BCUT2D eigenvalue weighted by Gasteiger charge is -2.11. The van der Waals surface area contributed by atoms with Gasteiger partial charge in [-0.15, -0.1) is 0 Å². The van der Waals surface area contributed by atoms with Crippen molar-refractivity contribution in [3.05, 3.63) is 5.92 Å². The van der Waals surface area contributed by atoms with Crippen LogP contribution in [-0.2, 0) is 4.79 Å². The Bertz CT molecular complexity index is 134. The number of hydrogen-bond acceptors (Lipinski definition) is 3. The van der Waals surface area contributed by atoms with Gasteiger partial charge in [-0.1, -0.05) is 20.3 Å². The number of unbranched alkanes of at least 4 members (excludes halogenated alkanes) is 1. The van der Waals surface area contributed by atoms with Crippen LogP contribution in [0.4, 0.5) is 0 Å². The van der Waals surface area contributed by atoms with E-state index in [0.717, 1.165) is 25.2 Å². The van der Waals surface area contributed by atoms with Crippen molar-refractivity contribution in [1.82, 2.24) is 0 Å². The fourth-order valence-electron chi connectivity index (χ4n) is 1.01. The molecule has 0 heterocycles. The Morgan fingerprint density at radius 3 is 2.33 bits per heavy atom. The summed E-state index contributed by atoms with van der Waals surface area (Å²) in [6.07, 6.45) is 2.64. The number of nitrogens with two attached hydrogens (primary N) is 2. The summed E-state index contributed by atoms with van der Waals surface area (Å²) < 4.78 is 0. The molecule has 0 aliphatic carbocycles. The van der Waals surface area contributed by atoms with Crippen LogP contribution in [-0.4, -0.2) is 18.4 Å². The second-order valence-electron chi connectivity index (χ2n) is 3.26. The average molecular weight is 171 g/mol. The SMILES string of the molecule is C[C](C)C(=O)[C@H](N)CCCCN. The third-order valence-corrected chi connectivity index (χ3v) is 1.80. The summed E-state index contributed by atoms with van der Waals surface area (Å²) in [5.74, 6) is 0.863. The van der Waals surface area contributed by atoms with Gasteiger partial charge < -0.3 is 11.5 Å². The summed E-state index contributed by atoms with van der Waals surface area (Å²) in [5, 5.41) is 0. The molecular weight excluding hydrogens is 152 g/mol. The van der Waals surface area contributed by atoms with E-state index in [1.165, 1.54) is 0 Å². The Hall–Kier alpha value is -0.410. The van der Waals surface area contributed by atoms with E-state index in [1.54, 1.807) is 13.8 Å². The highest BCUT2D eigenvalue weighted by Crippen LogP contribution is 2.06. The fraction of sp³-hybridized carbons (Fsp3) is 0.778. The molecule has 0 rings (SSSR count). The molecule has 12 heavy (non-hydrogen) atoms. The van der Waals surface area contributed by atoms with Crippen molar-refractivity contribution in [1.29, 1.82) is 0 Å². The van der Waals surface area contributed by atoms with Crippen molar-refractivity contribution in [2.75, 3.05) is 6.54 Å². The van der Waals surface area contributed by atoms with E-state index < -0.39 is 0 Å². The molecule has 0 aromatic carbocycles. The monoisotopic (exact) mass is 171 g/mol. The molecule has 0 saturated carbocycles. The second-order valence-corrected chi connectivity index (χ2v) is 3.26. The zero-order valence-corrected chi connectivity index (χ0v) is 7.97. The number of Topliss-reactive ketones (excluding diaryl/α,β-unsaturated/α-hetero) is 1. The highest BCUT2D eigenvalue weighted by molar-refractivity contribution is 5.95. The first kappa shape index (κ1) is 11.6. The molecule has 0 unspecified atom stereocenters. The van der Waals surface area contributed by atoms with Gasteiger partial charge >= 0.3 is 0 Å². The largest absolute Gasteiger partial charge is 0.330 e. The number of carbonyl (C=O) groups is 1. The van der Waals surface area contributed by atoms with E-state index in [2.05, 4.69) is 0 Å². The number of rotatable bonds is 6. The average Bonchev–Trinajstić information content (AvgIpc) is 2.03. The second kappa shape index (κ2) is 6.14. The van der Waals surface area contributed by atoms with E-state index >= 15 is 0 Å². The molecule has 0 saturated heterocycles. The Morgan fingerprint density at radius 1 is 1.33 bits per heavy atom. The highest BCUT2D eigenvalue weighted by Gasteiger charge is 2.16. The van der Waals surface area contributed by atoms with Gasteiger partial charge in [-0.2, -0.15) is 0 Å². The third-order valence-electron chi connectivity index (χ3n) is 1.80. The molecule has 0 aromatic heterocycles. The molecule has 1 atom stereocenters. The first-order valence-electron chi connectivity index (χ1n) is 4.39. The topological polar surface area (TPSA) is 69.1 Å². The third kappa shape index (κ3) is 4.46. The van der Waals surface area contributed by atoms with Crippen molar-refractivity contribution in [2.45, 2.75) is 39.2 Å². The molecule has 0 fully saturated rings. The molecule has 3 heteroatoms. The highest BCUT2D eigenvalue weighted by atomic mass is 16.1. The van der Waals surface area contributed by atoms with Gasteiger partial charge in [0.15, 0.2) is 5.78 Å². The van der Waals surface area contributed by atoms with Crippen LogP contribution in [0.25, 0.3) is 0 Å². The zero-order valence-electron chi connectivity index (χ0n) is 7.97. The predicted octanol–water partition coefficient (Wildman–Crippen LogP) is 0.626. The van der Waals surface area contributed by atoms with Gasteiger partial charge in [-0.25, -0.2) is 0 Å². The van der Waals surface area contributed by atoms with Crippen LogP contribution in [0, 0.1) is 5.92 Å². The van der Waals surface area contributed by atoms with Gasteiger partial charge in [0.2, 0.25) is 0 Å². The van der Waals surface area contributed by atoms with Crippen LogP contribution in [0.5, 0.6) is 0 Å². The quantitative estimate of drug-likeness (QED) is 0.576. The van der Waals surface area contributed by atoms with Gasteiger partial charge in [0, 0.05) is 5.92 Å². The van der Waals surface area contributed by atoms with Gasteiger partial charge in [-0.3, -0.25) is 4.79 Å². The fourth-order valence-corrected chi connectivity index (χ4v) is 1.01. The summed E-state index contributed by atoms with van der Waals surface area (Å²) in [4.78, 5) is 11.2. The number of carbonyl (C=O) groups excluding carboxylic acids is 1. The predicted molar refractivity (Wildman–Crippen MR) is 50.5 cm³/mol. The first-order valence-corrected chi connectivity index (χ1v) is 4.39. The van der Waals surface area contributed by atoms with Crippen LogP contribution in [0.3, 0.4) is 0 Å². The number of ketones is 1. The minimum Gasteiger partial charge on any atom is -0.330 e. The van der Waals surface area contributed by atoms with Crippen LogP contribution in [0.2, 0.25) is 0 Å². The van der Waals surface area contributed by atoms with Crippen molar-refractivity contribution >= 4 is 5.78 Å². The Balaban J connectivity index is 3.57. The maximum atomic E-state index is 11.2. The lowest BCUT2D eigenvalue weighted by atomic mass is 9.98. The molecule has 71 valence electrons. The summed E-state index contributed by atoms with van der Waals surface area (Å²) >= 11 is 0. The van der Waals surface area contributed by atoms with Crippen LogP contribution < -0.4 is 11.5 Å². The maximum absolute atomic E-state index is 11.2. The Morgan fingerprint density at radius 2 is 1.92 bits per heavy atom. The van der Waals surface area contributed by atoms with E-state index in [9.17, 15) is 4.79 Å². The molecule has 0 aromatic rings. The summed E-state index contributed by atoms with van der Waals surface area (Å²) in [6.45, 7) is 4.27. The van der Waals surface area contributed by atoms with Gasteiger partial charge in [0.25, 0.3) is 0 Å². The van der Waals surface area contributed by atoms with E-state index in [-0.39, 0.29) is 11.8 Å². The molecular formula is C9H19N2O. The van der Waals surface area contributed by atoms with Crippen molar-refractivity contribution in [2.24, 2.45) is 11.5 Å². The maximum Gasteiger partial charge on any atom is 0.156 e. The zero-order chi connectivity index (χ0) is 9.56. The lowest BCUT2D eigenvalue weighted by molar-refractivity contribution is -0.118. The van der Waals surface area contributed by atoms with Crippen LogP contribution >= 0.6 is 0 Å². The summed E-state index contributed by atoms with van der Waals surface area (Å²) in [6, 6.07) is -0.318. The summed E-state index contributed by atoms with van der Waals surface area (Å²) in [7, 11) is 0. The van der Waals surface area contributed by atoms with E-state index in [1.807, 2.05) is 0 Å². The molecule has 0 bridgehead atoms. The van der Waals surface area contributed by atoms with E-state index in [0.29, 0.717) is 6.54 Å². The van der Waals surface area contributed by atoms with Crippen LogP contribution in [0.1, 0.15) is 33.1 Å². The minimum absolute atomic E-state index is 0.0759. The molecule has 0 spiro atoms. The van der Waals surface area contributed by atoms with Gasteiger partial charge in [0.05, 0.1) is 6.04 Å². The van der Waals surface area contributed by atoms with Crippen molar-refractivity contribution in [3.8, 4) is 0 Å². The van der Waals surface area contributed by atoms with Gasteiger partial charge in [-0.05, 0) is 19.4 Å². The summed E-state index contributed by atoms with van der Waals surface area (Å²) in [5.41, 5.74) is 11.0. The van der Waals surface area contributed by atoms with Gasteiger partial charge in [0.1, 0.15) is 0 Å². The molecule has 1 radical (unpaired) electrons. The molecule has 0 aliphatic rings. The smallest absolute Gasteiger partial charge is 0.156 e. The number of hydrogen-bond donors (Lipinski definition) is 2. The van der Waals surface area contributed by atoms with E-state index in [4.69, 9.17) is 11.5 Å². The minimum atomic E-state index is -0.318. The van der Waals surface area contributed by atoms with Crippen molar-refractivity contribution in [3.63, 3.8) is 0 Å². The molecule has 0 aliphatic heterocycles. The molecule has 4 N–H and O–H groups in total. The Labute approximate surface area is 74.5 Å². The molecule has 0 amide bonds. The first-order chi connectivity index (χ1) is 5.59. The van der Waals surface area contributed by atoms with Crippen LogP contribution in [0.15, 0.2) is 0 Å². The molecule has 3 nitrogen and oxygen atoms in total.